The van der Waals surface area contributed by atoms with E-state index in [-0.39, 0.29) is 16.6 Å². The van der Waals surface area contributed by atoms with E-state index in [4.69, 9.17) is 11.6 Å². The first kappa shape index (κ1) is 14.7. The summed E-state index contributed by atoms with van der Waals surface area (Å²) in [5, 5.41) is 13.4. The van der Waals surface area contributed by atoms with Crippen molar-refractivity contribution in [3.8, 4) is 0 Å². The zero-order valence-electron chi connectivity index (χ0n) is 9.97. The van der Waals surface area contributed by atoms with Crippen molar-refractivity contribution in [2.75, 3.05) is 5.32 Å². The average Bonchev–Trinajstić information content (AvgIpc) is 2.41. The molecule has 0 radical (unpaired) electrons. The Labute approximate surface area is 133 Å². The Morgan fingerprint density at radius 3 is 2.45 bits per heavy atom. The predicted molar refractivity (Wildman–Crippen MR) is 85.2 cm³/mol. The van der Waals surface area contributed by atoms with Gasteiger partial charge in [-0.25, -0.2) is 0 Å². The van der Waals surface area contributed by atoms with Crippen molar-refractivity contribution >= 4 is 51.5 Å². The van der Waals surface area contributed by atoms with Crippen molar-refractivity contribution < 1.29 is 9.72 Å². The van der Waals surface area contributed by atoms with Crippen LogP contribution in [0.3, 0.4) is 0 Å². The second kappa shape index (κ2) is 6.19. The summed E-state index contributed by atoms with van der Waals surface area (Å²) in [6.07, 6.45) is 0. The van der Waals surface area contributed by atoms with E-state index in [9.17, 15) is 14.9 Å². The maximum Gasteiger partial charge on any atom is 0.289 e. The van der Waals surface area contributed by atoms with Crippen LogP contribution in [0.4, 0.5) is 11.4 Å². The van der Waals surface area contributed by atoms with Crippen molar-refractivity contribution in [1.29, 1.82) is 0 Å². The smallest absolute Gasteiger partial charge is 0.289 e. The van der Waals surface area contributed by atoms with Gasteiger partial charge < -0.3 is 5.32 Å². The van der Waals surface area contributed by atoms with Gasteiger partial charge in [0.15, 0.2) is 0 Å². The minimum absolute atomic E-state index is 0.0299. The van der Waals surface area contributed by atoms with Gasteiger partial charge in [-0.2, -0.15) is 0 Å². The fourth-order valence-corrected chi connectivity index (χ4v) is 2.08. The molecule has 0 saturated heterocycles. The van der Waals surface area contributed by atoms with Gasteiger partial charge in [-0.1, -0.05) is 11.6 Å². The number of hydrogen-bond acceptors (Lipinski definition) is 3. The second-order valence-corrected chi connectivity index (χ2v) is 5.54. The molecule has 0 saturated carbocycles. The molecule has 5 nitrogen and oxygen atoms in total. The third kappa shape index (κ3) is 3.45. The van der Waals surface area contributed by atoms with E-state index in [1.807, 2.05) is 0 Å². The quantitative estimate of drug-likeness (QED) is 0.477. The fraction of sp³-hybridized carbons (Fsp3) is 0. The Hall–Kier alpha value is -1.67. The molecular formula is C13H8ClIN2O3. The largest absolute Gasteiger partial charge is 0.322 e. The van der Waals surface area contributed by atoms with E-state index in [0.29, 0.717) is 11.3 Å². The minimum atomic E-state index is -0.594. The van der Waals surface area contributed by atoms with Gasteiger partial charge in [0, 0.05) is 20.9 Å². The number of nitro benzene ring substituents is 1. The molecule has 2 aromatic rings. The van der Waals surface area contributed by atoms with Crippen LogP contribution in [0.25, 0.3) is 0 Å². The van der Waals surface area contributed by atoms with Crippen molar-refractivity contribution in [2.45, 2.75) is 0 Å². The zero-order chi connectivity index (χ0) is 14.7. The first-order valence-corrected chi connectivity index (χ1v) is 6.94. The summed E-state index contributed by atoms with van der Waals surface area (Å²) < 4.78 is 1.02. The topological polar surface area (TPSA) is 72.2 Å². The Morgan fingerprint density at radius 2 is 1.85 bits per heavy atom. The highest BCUT2D eigenvalue weighted by atomic mass is 127. The molecule has 0 unspecified atom stereocenters. The molecule has 1 amide bonds. The Bertz CT molecular complexity index is 674. The van der Waals surface area contributed by atoms with Crippen LogP contribution in [-0.4, -0.2) is 10.8 Å². The summed E-state index contributed by atoms with van der Waals surface area (Å²) >= 11 is 7.84. The predicted octanol–water partition coefficient (Wildman–Crippen LogP) is 4.11. The lowest BCUT2D eigenvalue weighted by Gasteiger charge is -2.06. The molecule has 20 heavy (non-hydrogen) atoms. The summed E-state index contributed by atoms with van der Waals surface area (Å²) in [6.45, 7) is 0. The number of halogens is 2. The molecule has 0 heterocycles. The number of carbonyl (C=O) groups is 1. The number of rotatable bonds is 3. The third-order valence-electron chi connectivity index (χ3n) is 2.51. The average molecular weight is 403 g/mol. The van der Waals surface area contributed by atoms with Gasteiger partial charge >= 0.3 is 0 Å². The molecular weight excluding hydrogens is 395 g/mol. The van der Waals surface area contributed by atoms with E-state index in [1.165, 1.54) is 18.2 Å². The highest BCUT2D eigenvalue weighted by molar-refractivity contribution is 14.1. The number of nitro groups is 1. The number of carbonyl (C=O) groups excluding carboxylic acids is 1. The van der Waals surface area contributed by atoms with Gasteiger partial charge in [0.25, 0.3) is 11.6 Å². The Morgan fingerprint density at radius 1 is 1.20 bits per heavy atom. The molecule has 0 aromatic heterocycles. The van der Waals surface area contributed by atoms with Gasteiger partial charge in [-0.15, -0.1) is 0 Å². The first-order chi connectivity index (χ1) is 9.47. The monoisotopic (exact) mass is 402 g/mol. The lowest BCUT2D eigenvalue weighted by Crippen LogP contribution is -2.11. The minimum Gasteiger partial charge on any atom is -0.322 e. The lowest BCUT2D eigenvalue weighted by molar-refractivity contribution is -0.384. The summed E-state index contributed by atoms with van der Waals surface area (Å²) in [7, 11) is 0. The van der Waals surface area contributed by atoms with Crippen LogP contribution in [-0.2, 0) is 0 Å². The molecule has 102 valence electrons. The summed E-state index contributed by atoms with van der Waals surface area (Å²) in [6, 6.07) is 11.1. The summed E-state index contributed by atoms with van der Waals surface area (Å²) in [4.78, 5) is 22.2. The van der Waals surface area contributed by atoms with Crippen molar-refractivity contribution in [3.05, 3.63) is 66.7 Å². The molecule has 0 atom stereocenters. The molecule has 0 spiro atoms. The van der Waals surface area contributed by atoms with E-state index in [0.717, 1.165) is 3.57 Å². The molecule has 0 fully saturated rings. The maximum atomic E-state index is 12.0. The molecule has 0 bridgehead atoms. The Balaban J connectivity index is 2.21. The van der Waals surface area contributed by atoms with Crippen LogP contribution in [0, 0.1) is 13.7 Å². The lowest BCUT2D eigenvalue weighted by atomic mass is 10.2. The van der Waals surface area contributed by atoms with Crippen LogP contribution in [0.2, 0.25) is 5.02 Å². The molecule has 0 aliphatic heterocycles. The molecule has 0 aliphatic carbocycles. The number of amides is 1. The maximum absolute atomic E-state index is 12.0. The normalized spacial score (nSPS) is 10.1. The molecule has 2 rings (SSSR count). The summed E-state index contributed by atoms with van der Waals surface area (Å²) in [5.41, 5.74) is 0.555. The van der Waals surface area contributed by atoms with Gasteiger partial charge in [-0.3, -0.25) is 14.9 Å². The van der Waals surface area contributed by atoms with Gasteiger partial charge in [0.1, 0.15) is 5.02 Å². The van der Waals surface area contributed by atoms with Crippen LogP contribution in [0.1, 0.15) is 10.4 Å². The van der Waals surface area contributed by atoms with Crippen LogP contribution in [0.5, 0.6) is 0 Å². The van der Waals surface area contributed by atoms with E-state index in [2.05, 4.69) is 27.9 Å². The number of anilines is 1. The number of hydrogen-bond donors (Lipinski definition) is 1. The standard InChI is InChI=1S/C13H8ClIN2O3/c14-11-6-5-10(7-12(11)17(19)20)16-13(18)8-1-3-9(15)4-2-8/h1-7H,(H,16,18). The summed E-state index contributed by atoms with van der Waals surface area (Å²) in [5.74, 6) is -0.335. The van der Waals surface area contributed by atoms with E-state index >= 15 is 0 Å². The molecule has 0 aliphatic rings. The molecule has 1 N–H and O–H groups in total. The SMILES string of the molecule is O=C(Nc1ccc(Cl)c([N+](=O)[O-])c1)c1ccc(I)cc1. The van der Waals surface area contributed by atoms with Gasteiger partial charge in [0.05, 0.1) is 4.92 Å². The van der Waals surface area contributed by atoms with Crippen molar-refractivity contribution in [1.82, 2.24) is 0 Å². The van der Waals surface area contributed by atoms with Gasteiger partial charge in [-0.05, 0) is 59.0 Å². The molecule has 2 aromatic carbocycles. The second-order valence-electron chi connectivity index (χ2n) is 3.88. The molecule has 7 heteroatoms. The van der Waals surface area contributed by atoms with Crippen molar-refractivity contribution in [3.63, 3.8) is 0 Å². The highest BCUT2D eigenvalue weighted by Crippen LogP contribution is 2.27. The highest BCUT2D eigenvalue weighted by Gasteiger charge is 2.14. The van der Waals surface area contributed by atoms with Crippen LogP contribution >= 0.6 is 34.2 Å². The first-order valence-electron chi connectivity index (χ1n) is 5.48. The van der Waals surface area contributed by atoms with Crippen LogP contribution in [0.15, 0.2) is 42.5 Å². The number of nitrogens with one attached hydrogen (secondary N) is 1. The van der Waals surface area contributed by atoms with Crippen LogP contribution < -0.4 is 5.32 Å². The van der Waals surface area contributed by atoms with Crippen molar-refractivity contribution in [2.24, 2.45) is 0 Å². The zero-order valence-corrected chi connectivity index (χ0v) is 12.9. The number of nitrogens with zero attached hydrogens (tertiary/aromatic N) is 1. The Kier molecular flexibility index (Phi) is 4.56. The van der Waals surface area contributed by atoms with E-state index < -0.39 is 4.92 Å². The fourth-order valence-electron chi connectivity index (χ4n) is 1.53. The third-order valence-corrected chi connectivity index (χ3v) is 3.55. The van der Waals surface area contributed by atoms with Gasteiger partial charge in [0.2, 0.25) is 0 Å². The van der Waals surface area contributed by atoms with E-state index in [1.54, 1.807) is 24.3 Å². The number of benzene rings is 2.